The second-order valence-corrected chi connectivity index (χ2v) is 3.03. The van der Waals surface area contributed by atoms with E-state index < -0.39 is 0 Å². The van der Waals surface area contributed by atoms with Crippen LogP contribution in [0.15, 0.2) is 18.3 Å². The smallest absolute Gasteiger partial charge is 0.149 e. The summed E-state index contributed by atoms with van der Waals surface area (Å²) < 4.78 is 1.69. The number of nitrogens with zero attached hydrogens (tertiary/aromatic N) is 4. The molecule has 0 saturated heterocycles. The highest BCUT2D eigenvalue weighted by atomic mass is 15.4. The molecule has 0 fully saturated rings. The molecule has 0 unspecified atom stereocenters. The fourth-order valence-corrected chi connectivity index (χ4v) is 1.34. The van der Waals surface area contributed by atoms with Gasteiger partial charge >= 0.3 is 0 Å². The molecule has 0 bridgehead atoms. The van der Waals surface area contributed by atoms with E-state index in [-0.39, 0.29) is 0 Å². The molecule has 0 radical (unpaired) electrons. The van der Waals surface area contributed by atoms with Gasteiger partial charge in [0.2, 0.25) is 0 Å². The van der Waals surface area contributed by atoms with Crippen LogP contribution in [-0.4, -0.2) is 19.7 Å². The number of nitrogen functional groups attached to an aromatic ring is 1. The normalized spacial score (nSPS) is 10.4. The molecule has 5 nitrogen and oxygen atoms in total. The third-order valence-corrected chi connectivity index (χ3v) is 1.92. The van der Waals surface area contributed by atoms with Crippen molar-refractivity contribution in [3.05, 3.63) is 30.0 Å². The molecule has 2 N–H and O–H groups in total. The van der Waals surface area contributed by atoms with Crippen LogP contribution in [0.2, 0.25) is 0 Å². The number of rotatable bonds is 1. The van der Waals surface area contributed by atoms with E-state index in [1.165, 1.54) is 0 Å². The largest absolute Gasteiger partial charge is 0.382 e. The molecule has 0 atom stereocenters. The minimum absolute atomic E-state index is 0.459. The van der Waals surface area contributed by atoms with Crippen molar-refractivity contribution in [1.82, 2.24) is 19.7 Å². The first-order valence-electron chi connectivity index (χ1n) is 4.29. The molecule has 0 aliphatic heterocycles. The molecule has 0 amide bonds. The molecule has 2 aromatic rings. The van der Waals surface area contributed by atoms with Crippen LogP contribution in [0.5, 0.6) is 0 Å². The second-order valence-electron chi connectivity index (χ2n) is 3.03. The zero-order valence-electron chi connectivity index (χ0n) is 8.10. The lowest BCUT2D eigenvalue weighted by Crippen LogP contribution is -2.04. The Morgan fingerprint density at radius 2 is 2.14 bits per heavy atom. The van der Waals surface area contributed by atoms with Gasteiger partial charge in [-0.25, -0.2) is 14.6 Å². The van der Waals surface area contributed by atoms with E-state index in [1.54, 1.807) is 10.9 Å². The first kappa shape index (κ1) is 8.68. The highest BCUT2D eigenvalue weighted by molar-refractivity contribution is 5.51. The lowest BCUT2D eigenvalue weighted by Gasteiger charge is -2.04. The van der Waals surface area contributed by atoms with Gasteiger partial charge in [-0.2, -0.15) is 5.10 Å². The number of aryl methyl sites for hydroxylation is 2. The van der Waals surface area contributed by atoms with Gasteiger partial charge in [-0.05, 0) is 26.0 Å². The Balaban J connectivity index is 2.60. The molecule has 72 valence electrons. The Bertz CT molecular complexity index is 460. The van der Waals surface area contributed by atoms with Crippen LogP contribution >= 0.6 is 0 Å². The molecule has 0 aromatic carbocycles. The van der Waals surface area contributed by atoms with Crippen molar-refractivity contribution >= 4 is 5.82 Å². The lowest BCUT2D eigenvalue weighted by atomic mass is 10.4. The van der Waals surface area contributed by atoms with E-state index in [1.807, 2.05) is 26.0 Å². The van der Waals surface area contributed by atoms with Crippen molar-refractivity contribution in [2.75, 3.05) is 5.73 Å². The van der Waals surface area contributed by atoms with E-state index in [4.69, 9.17) is 5.73 Å². The number of aromatic nitrogens is 4. The summed E-state index contributed by atoms with van der Waals surface area (Å²) >= 11 is 0. The van der Waals surface area contributed by atoms with Crippen LogP contribution in [0.3, 0.4) is 0 Å². The van der Waals surface area contributed by atoms with Gasteiger partial charge in [0.1, 0.15) is 23.2 Å². The molecule has 2 heterocycles. The maximum atomic E-state index is 5.73. The summed E-state index contributed by atoms with van der Waals surface area (Å²) in [5.74, 6) is 1.99. The Morgan fingerprint density at radius 1 is 1.36 bits per heavy atom. The summed E-state index contributed by atoms with van der Waals surface area (Å²) in [4.78, 5) is 8.19. The van der Waals surface area contributed by atoms with Crippen molar-refractivity contribution in [3.63, 3.8) is 0 Å². The van der Waals surface area contributed by atoms with E-state index in [9.17, 15) is 0 Å². The van der Waals surface area contributed by atoms with Crippen LogP contribution in [-0.2, 0) is 0 Å². The Labute approximate surface area is 81.6 Å². The van der Waals surface area contributed by atoms with Gasteiger partial charge < -0.3 is 5.73 Å². The highest BCUT2D eigenvalue weighted by Gasteiger charge is 2.07. The summed E-state index contributed by atoms with van der Waals surface area (Å²) in [6.07, 6.45) is 1.65. The summed E-state index contributed by atoms with van der Waals surface area (Å²) in [6.45, 7) is 3.72. The predicted octanol–water partition coefficient (Wildman–Crippen LogP) is 0.861. The second kappa shape index (κ2) is 3.10. The maximum absolute atomic E-state index is 5.73. The van der Waals surface area contributed by atoms with Gasteiger partial charge in [-0.1, -0.05) is 0 Å². The standard InChI is InChI=1S/C9H11N5/c1-6-12-7(2)14(13-6)8-4-3-5-11-9(8)10/h3-5H,1-2H3,(H2,10,11). The van der Waals surface area contributed by atoms with E-state index in [2.05, 4.69) is 15.1 Å². The minimum atomic E-state index is 0.459. The molecule has 0 aliphatic rings. The average molecular weight is 189 g/mol. The Morgan fingerprint density at radius 3 is 2.71 bits per heavy atom. The predicted molar refractivity (Wildman–Crippen MR) is 53.0 cm³/mol. The van der Waals surface area contributed by atoms with Gasteiger partial charge in [0.25, 0.3) is 0 Å². The molecular formula is C9H11N5. The molecule has 2 rings (SSSR count). The highest BCUT2D eigenvalue weighted by Crippen LogP contribution is 2.13. The summed E-state index contributed by atoms with van der Waals surface area (Å²) in [5.41, 5.74) is 6.50. The summed E-state index contributed by atoms with van der Waals surface area (Å²) in [7, 11) is 0. The first-order valence-corrected chi connectivity index (χ1v) is 4.29. The van der Waals surface area contributed by atoms with Crippen molar-refractivity contribution in [2.45, 2.75) is 13.8 Å². The van der Waals surface area contributed by atoms with E-state index >= 15 is 0 Å². The third-order valence-electron chi connectivity index (χ3n) is 1.92. The van der Waals surface area contributed by atoms with Crippen molar-refractivity contribution in [3.8, 4) is 5.69 Å². The zero-order valence-corrected chi connectivity index (χ0v) is 8.10. The van der Waals surface area contributed by atoms with Gasteiger partial charge in [0, 0.05) is 6.20 Å². The lowest BCUT2D eigenvalue weighted by molar-refractivity contribution is 0.829. The molecule has 0 spiro atoms. The molecular weight excluding hydrogens is 178 g/mol. The van der Waals surface area contributed by atoms with E-state index in [0.717, 1.165) is 17.3 Å². The number of anilines is 1. The van der Waals surface area contributed by atoms with Crippen LogP contribution in [0.4, 0.5) is 5.82 Å². The van der Waals surface area contributed by atoms with Crippen molar-refractivity contribution < 1.29 is 0 Å². The van der Waals surface area contributed by atoms with Gasteiger partial charge in [-0.3, -0.25) is 0 Å². The van der Waals surface area contributed by atoms with Gasteiger partial charge in [0.05, 0.1) is 0 Å². The Hall–Kier alpha value is -1.91. The van der Waals surface area contributed by atoms with E-state index in [0.29, 0.717) is 5.82 Å². The van der Waals surface area contributed by atoms with Crippen LogP contribution in [0.1, 0.15) is 11.6 Å². The summed E-state index contributed by atoms with van der Waals surface area (Å²) in [5, 5.41) is 4.23. The SMILES string of the molecule is Cc1nc(C)n(-c2cccnc2N)n1. The topological polar surface area (TPSA) is 69.6 Å². The number of hydrogen-bond acceptors (Lipinski definition) is 4. The maximum Gasteiger partial charge on any atom is 0.149 e. The average Bonchev–Trinajstić information content (AvgIpc) is 2.46. The number of nitrogens with two attached hydrogens (primary N) is 1. The van der Waals surface area contributed by atoms with Crippen LogP contribution in [0.25, 0.3) is 5.69 Å². The van der Waals surface area contributed by atoms with Crippen molar-refractivity contribution in [1.29, 1.82) is 0 Å². The summed E-state index contributed by atoms with van der Waals surface area (Å²) in [6, 6.07) is 3.69. The van der Waals surface area contributed by atoms with Gasteiger partial charge in [0.15, 0.2) is 0 Å². The zero-order chi connectivity index (χ0) is 10.1. The van der Waals surface area contributed by atoms with Crippen molar-refractivity contribution in [2.24, 2.45) is 0 Å². The van der Waals surface area contributed by atoms with Crippen LogP contribution < -0.4 is 5.73 Å². The molecule has 5 heteroatoms. The number of pyridine rings is 1. The molecule has 14 heavy (non-hydrogen) atoms. The third kappa shape index (κ3) is 1.32. The Kier molecular flexibility index (Phi) is 1.92. The molecule has 2 aromatic heterocycles. The molecule has 0 aliphatic carbocycles. The fraction of sp³-hybridized carbons (Fsp3) is 0.222. The monoisotopic (exact) mass is 189 g/mol. The number of hydrogen-bond donors (Lipinski definition) is 1. The quantitative estimate of drug-likeness (QED) is 0.722. The first-order chi connectivity index (χ1) is 6.68. The molecule has 0 saturated carbocycles. The minimum Gasteiger partial charge on any atom is -0.382 e. The van der Waals surface area contributed by atoms with Gasteiger partial charge in [-0.15, -0.1) is 0 Å². The fourth-order valence-electron chi connectivity index (χ4n) is 1.34. The van der Waals surface area contributed by atoms with Crippen LogP contribution in [0, 0.1) is 13.8 Å².